The van der Waals surface area contributed by atoms with Crippen molar-refractivity contribution in [3.05, 3.63) is 63.8 Å². The van der Waals surface area contributed by atoms with Crippen molar-refractivity contribution in [1.82, 2.24) is 15.6 Å². The van der Waals surface area contributed by atoms with Gasteiger partial charge in [-0.05, 0) is 48.0 Å². The molecule has 0 fully saturated rings. The Kier molecular flexibility index (Phi) is 5.63. The number of hydrogen-bond acceptors (Lipinski definition) is 5. The second-order valence-electron chi connectivity index (χ2n) is 5.42. The lowest BCUT2D eigenvalue weighted by molar-refractivity contribution is 0.0950. The fourth-order valence-electron chi connectivity index (χ4n) is 2.27. The van der Waals surface area contributed by atoms with Crippen LogP contribution in [0.5, 0.6) is 11.5 Å². The first-order valence-corrected chi connectivity index (χ1v) is 8.45. The van der Waals surface area contributed by atoms with Gasteiger partial charge in [0.25, 0.3) is 5.91 Å². The zero-order chi connectivity index (χ0) is 19.4. The smallest absolute Gasteiger partial charge is 0.289 e. The summed E-state index contributed by atoms with van der Waals surface area (Å²) in [6.45, 7) is 0. The highest BCUT2D eigenvalue weighted by atomic mass is 35.5. The van der Waals surface area contributed by atoms with Gasteiger partial charge in [0, 0.05) is 10.6 Å². The number of carbonyl (C=O) groups is 1. The van der Waals surface area contributed by atoms with Gasteiger partial charge in [-0.1, -0.05) is 23.2 Å². The average molecular weight is 405 g/mol. The van der Waals surface area contributed by atoms with Gasteiger partial charge in [-0.25, -0.2) is 5.43 Å². The number of aromatic hydroxyl groups is 1. The maximum Gasteiger partial charge on any atom is 0.289 e. The van der Waals surface area contributed by atoms with E-state index in [1.54, 1.807) is 36.4 Å². The summed E-state index contributed by atoms with van der Waals surface area (Å²) in [6.07, 6.45) is 1.42. The molecule has 138 valence electrons. The molecule has 2 aromatic carbocycles. The summed E-state index contributed by atoms with van der Waals surface area (Å²) in [5, 5.41) is 21.1. The summed E-state index contributed by atoms with van der Waals surface area (Å²) >= 11 is 12.0. The molecule has 1 amide bonds. The van der Waals surface area contributed by atoms with Crippen LogP contribution in [0.25, 0.3) is 11.3 Å². The molecule has 0 unspecified atom stereocenters. The molecule has 0 saturated carbocycles. The number of methoxy groups -OCH3 is 1. The third-order valence-electron chi connectivity index (χ3n) is 3.61. The highest BCUT2D eigenvalue weighted by Gasteiger charge is 2.12. The van der Waals surface area contributed by atoms with Crippen molar-refractivity contribution in [2.24, 2.45) is 5.10 Å². The fraction of sp³-hybridized carbons (Fsp3) is 0.0556. The van der Waals surface area contributed by atoms with Crippen molar-refractivity contribution < 1.29 is 14.6 Å². The van der Waals surface area contributed by atoms with Gasteiger partial charge in [0.1, 0.15) is 5.69 Å². The van der Waals surface area contributed by atoms with Crippen LogP contribution in [0.4, 0.5) is 0 Å². The van der Waals surface area contributed by atoms with Gasteiger partial charge in [0.05, 0.1) is 24.0 Å². The lowest BCUT2D eigenvalue weighted by Crippen LogP contribution is -2.18. The Morgan fingerprint density at radius 1 is 1.26 bits per heavy atom. The maximum absolute atomic E-state index is 12.2. The number of ether oxygens (including phenoxy) is 1. The van der Waals surface area contributed by atoms with E-state index in [9.17, 15) is 9.90 Å². The normalized spacial score (nSPS) is 10.9. The molecule has 0 bridgehead atoms. The zero-order valence-corrected chi connectivity index (χ0v) is 15.5. The Hall–Kier alpha value is -3.03. The van der Waals surface area contributed by atoms with Gasteiger partial charge in [-0.3, -0.25) is 9.89 Å². The minimum absolute atomic E-state index is 0.0181. The molecular formula is C18H14Cl2N4O3. The van der Waals surface area contributed by atoms with Crippen LogP contribution in [0.15, 0.2) is 47.6 Å². The lowest BCUT2D eigenvalue weighted by atomic mass is 10.1. The van der Waals surface area contributed by atoms with E-state index in [-0.39, 0.29) is 11.4 Å². The number of hydrazone groups is 1. The molecule has 0 radical (unpaired) electrons. The van der Waals surface area contributed by atoms with E-state index < -0.39 is 5.91 Å². The van der Waals surface area contributed by atoms with Gasteiger partial charge in [-0.2, -0.15) is 10.2 Å². The van der Waals surface area contributed by atoms with Gasteiger partial charge in [0.2, 0.25) is 0 Å². The van der Waals surface area contributed by atoms with E-state index in [1.807, 2.05) is 0 Å². The van der Waals surface area contributed by atoms with Crippen molar-refractivity contribution in [2.75, 3.05) is 7.11 Å². The molecule has 3 aromatic rings. The van der Waals surface area contributed by atoms with Gasteiger partial charge >= 0.3 is 0 Å². The Bertz CT molecular complexity index is 1020. The quantitative estimate of drug-likeness (QED) is 0.443. The minimum Gasteiger partial charge on any atom is -0.504 e. The molecule has 27 heavy (non-hydrogen) atoms. The van der Waals surface area contributed by atoms with Gasteiger partial charge in [-0.15, -0.1) is 0 Å². The van der Waals surface area contributed by atoms with Crippen LogP contribution in [-0.2, 0) is 0 Å². The molecule has 3 N–H and O–H groups in total. The van der Waals surface area contributed by atoms with Crippen molar-refractivity contribution in [2.45, 2.75) is 0 Å². The fourth-order valence-corrected chi connectivity index (χ4v) is 2.78. The van der Waals surface area contributed by atoms with Crippen LogP contribution in [0.1, 0.15) is 16.1 Å². The molecular weight excluding hydrogens is 391 g/mol. The molecule has 0 spiro atoms. The highest BCUT2D eigenvalue weighted by molar-refractivity contribution is 6.36. The predicted molar refractivity (Wildman–Crippen MR) is 104 cm³/mol. The topological polar surface area (TPSA) is 99.6 Å². The molecule has 0 saturated heterocycles. The number of rotatable bonds is 5. The van der Waals surface area contributed by atoms with Gasteiger partial charge in [0.15, 0.2) is 11.5 Å². The van der Waals surface area contributed by atoms with Crippen LogP contribution >= 0.6 is 23.2 Å². The first kappa shape index (κ1) is 18.8. The average Bonchev–Trinajstić information content (AvgIpc) is 3.13. The second kappa shape index (κ2) is 8.11. The van der Waals surface area contributed by atoms with Crippen molar-refractivity contribution in [3.8, 4) is 22.8 Å². The lowest BCUT2D eigenvalue weighted by Gasteiger charge is -2.03. The third kappa shape index (κ3) is 4.39. The number of nitrogens with one attached hydrogen (secondary N) is 2. The Balaban J connectivity index is 1.69. The van der Waals surface area contributed by atoms with Crippen LogP contribution in [0.3, 0.4) is 0 Å². The number of halogens is 2. The van der Waals surface area contributed by atoms with E-state index in [1.165, 1.54) is 19.4 Å². The largest absolute Gasteiger partial charge is 0.504 e. The Morgan fingerprint density at radius 3 is 2.81 bits per heavy atom. The summed E-state index contributed by atoms with van der Waals surface area (Å²) in [5.41, 5.74) is 4.41. The number of phenolic OH excluding ortho intramolecular Hbond substituents is 1. The number of aromatic nitrogens is 2. The first-order chi connectivity index (χ1) is 13.0. The SMILES string of the molecule is COc1cc(/C=N/NC(=O)c2cc(-c3ccc(Cl)cc3Cl)n[nH]2)ccc1O. The molecule has 1 aromatic heterocycles. The van der Waals surface area contributed by atoms with Crippen molar-refractivity contribution in [3.63, 3.8) is 0 Å². The van der Waals surface area contributed by atoms with E-state index in [2.05, 4.69) is 20.7 Å². The monoisotopic (exact) mass is 404 g/mol. The number of benzene rings is 2. The van der Waals surface area contributed by atoms with Crippen molar-refractivity contribution >= 4 is 35.3 Å². The van der Waals surface area contributed by atoms with Crippen LogP contribution in [-0.4, -0.2) is 34.5 Å². The molecule has 0 aliphatic carbocycles. The van der Waals surface area contributed by atoms with Crippen LogP contribution in [0, 0.1) is 0 Å². The molecule has 3 rings (SSSR count). The van der Waals surface area contributed by atoms with E-state index >= 15 is 0 Å². The number of aromatic amines is 1. The molecule has 0 atom stereocenters. The first-order valence-electron chi connectivity index (χ1n) is 7.69. The molecule has 7 nitrogen and oxygen atoms in total. The standard InChI is InChI=1S/C18H14Cl2N4O3/c1-27-17-6-10(2-5-16(17)25)9-21-24-18(26)15-8-14(22-23-15)12-4-3-11(19)7-13(12)20/h2-9,25H,1H3,(H,22,23)(H,24,26)/b21-9+. The molecule has 0 aliphatic heterocycles. The Labute approximate surface area is 164 Å². The van der Waals surface area contributed by atoms with E-state index in [0.717, 1.165) is 0 Å². The zero-order valence-electron chi connectivity index (χ0n) is 14.0. The molecule has 1 heterocycles. The van der Waals surface area contributed by atoms with E-state index in [4.69, 9.17) is 27.9 Å². The van der Waals surface area contributed by atoms with E-state index in [0.29, 0.717) is 32.6 Å². The number of carbonyl (C=O) groups excluding carboxylic acids is 1. The summed E-state index contributed by atoms with van der Waals surface area (Å²) in [4.78, 5) is 12.2. The molecule has 9 heteroatoms. The minimum atomic E-state index is -0.471. The number of amides is 1. The van der Waals surface area contributed by atoms with Crippen LogP contribution < -0.4 is 10.2 Å². The predicted octanol–water partition coefficient (Wildman–Crippen LogP) is 3.86. The summed E-state index contributed by atoms with van der Waals surface area (Å²) in [6, 6.07) is 11.3. The Morgan fingerprint density at radius 2 is 2.07 bits per heavy atom. The maximum atomic E-state index is 12.2. The summed E-state index contributed by atoms with van der Waals surface area (Å²) in [5.74, 6) is -0.145. The molecule has 0 aliphatic rings. The number of hydrogen-bond donors (Lipinski definition) is 3. The summed E-state index contributed by atoms with van der Waals surface area (Å²) in [7, 11) is 1.44. The van der Waals surface area contributed by atoms with Gasteiger partial charge < -0.3 is 9.84 Å². The third-order valence-corrected chi connectivity index (χ3v) is 4.16. The summed E-state index contributed by atoms with van der Waals surface area (Å²) < 4.78 is 5.01. The second-order valence-corrected chi connectivity index (χ2v) is 6.27. The number of phenols is 1. The van der Waals surface area contributed by atoms with Crippen molar-refractivity contribution in [1.29, 1.82) is 0 Å². The number of H-pyrrole nitrogens is 1. The van der Waals surface area contributed by atoms with Crippen LogP contribution in [0.2, 0.25) is 10.0 Å². The number of nitrogens with zero attached hydrogens (tertiary/aromatic N) is 2. The highest BCUT2D eigenvalue weighted by Crippen LogP contribution is 2.29.